The van der Waals surface area contributed by atoms with E-state index in [9.17, 15) is 4.79 Å². The van der Waals surface area contributed by atoms with Crippen molar-refractivity contribution in [2.24, 2.45) is 0 Å². The van der Waals surface area contributed by atoms with Crippen molar-refractivity contribution in [2.45, 2.75) is 32.2 Å². The SMILES string of the molecule is COC(=O)c1cn(CCCCCCO)cn1. The van der Waals surface area contributed by atoms with Crippen LogP contribution in [0.2, 0.25) is 0 Å². The van der Waals surface area contributed by atoms with Crippen LogP contribution in [0.4, 0.5) is 0 Å². The van der Waals surface area contributed by atoms with Crippen LogP contribution in [0.5, 0.6) is 0 Å². The summed E-state index contributed by atoms with van der Waals surface area (Å²) in [6, 6.07) is 0. The van der Waals surface area contributed by atoms with E-state index in [0.29, 0.717) is 5.69 Å². The second-order valence-corrected chi connectivity index (χ2v) is 3.63. The van der Waals surface area contributed by atoms with Gasteiger partial charge >= 0.3 is 5.97 Å². The summed E-state index contributed by atoms with van der Waals surface area (Å²) in [5.41, 5.74) is 0.345. The van der Waals surface area contributed by atoms with Gasteiger partial charge in [-0.3, -0.25) is 0 Å². The van der Waals surface area contributed by atoms with Crippen LogP contribution in [0.1, 0.15) is 36.2 Å². The molecule has 0 aliphatic carbocycles. The van der Waals surface area contributed by atoms with E-state index in [1.807, 2.05) is 4.57 Å². The summed E-state index contributed by atoms with van der Waals surface area (Å²) in [6.45, 7) is 1.10. The molecule has 1 aromatic heterocycles. The summed E-state index contributed by atoms with van der Waals surface area (Å²) in [5.74, 6) is -0.404. The summed E-state index contributed by atoms with van der Waals surface area (Å²) >= 11 is 0. The van der Waals surface area contributed by atoms with Crippen molar-refractivity contribution in [3.8, 4) is 0 Å². The molecule has 0 aromatic carbocycles. The number of carbonyl (C=O) groups is 1. The van der Waals surface area contributed by atoms with E-state index >= 15 is 0 Å². The zero-order valence-electron chi connectivity index (χ0n) is 9.56. The van der Waals surface area contributed by atoms with Gasteiger partial charge in [0.05, 0.1) is 13.4 Å². The topological polar surface area (TPSA) is 64.3 Å². The molecule has 5 nitrogen and oxygen atoms in total. The first-order valence-corrected chi connectivity index (χ1v) is 5.49. The van der Waals surface area contributed by atoms with Crippen molar-refractivity contribution < 1.29 is 14.6 Å². The zero-order valence-corrected chi connectivity index (χ0v) is 9.56. The molecule has 0 radical (unpaired) electrons. The lowest BCUT2D eigenvalue weighted by Gasteiger charge is -2.01. The maximum Gasteiger partial charge on any atom is 0.358 e. The maximum absolute atomic E-state index is 11.1. The van der Waals surface area contributed by atoms with Gasteiger partial charge in [-0.15, -0.1) is 0 Å². The van der Waals surface area contributed by atoms with Crippen molar-refractivity contribution in [2.75, 3.05) is 13.7 Å². The van der Waals surface area contributed by atoms with Gasteiger partial charge in [0.2, 0.25) is 0 Å². The first-order chi connectivity index (χ1) is 7.77. The molecule has 1 N–H and O–H groups in total. The number of aliphatic hydroxyl groups is 1. The molecule has 0 bridgehead atoms. The van der Waals surface area contributed by atoms with Crippen molar-refractivity contribution in [3.05, 3.63) is 18.2 Å². The van der Waals surface area contributed by atoms with E-state index in [-0.39, 0.29) is 6.61 Å². The number of carbonyl (C=O) groups excluding carboxylic acids is 1. The molecule has 16 heavy (non-hydrogen) atoms. The summed E-state index contributed by atoms with van der Waals surface area (Å²) in [6.07, 6.45) is 7.33. The van der Waals surface area contributed by atoms with Gasteiger partial charge < -0.3 is 14.4 Å². The number of hydrogen-bond acceptors (Lipinski definition) is 4. The Morgan fingerprint density at radius 3 is 2.88 bits per heavy atom. The van der Waals surface area contributed by atoms with Crippen molar-refractivity contribution in [1.29, 1.82) is 0 Å². The van der Waals surface area contributed by atoms with Gasteiger partial charge in [0.1, 0.15) is 0 Å². The zero-order chi connectivity index (χ0) is 11.8. The summed E-state index contributed by atoms with van der Waals surface area (Å²) in [7, 11) is 1.34. The number of esters is 1. The largest absolute Gasteiger partial charge is 0.464 e. The average molecular weight is 226 g/mol. The molecular weight excluding hydrogens is 208 g/mol. The van der Waals surface area contributed by atoms with Crippen LogP contribution in [-0.2, 0) is 11.3 Å². The number of ether oxygens (including phenoxy) is 1. The third kappa shape index (κ3) is 4.02. The molecular formula is C11H18N2O3. The predicted octanol–water partition coefficient (Wildman–Crippen LogP) is 1.22. The van der Waals surface area contributed by atoms with Crippen LogP contribution < -0.4 is 0 Å². The molecule has 0 spiro atoms. The van der Waals surface area contributed by atoms with E-state index < -0.39 is 5.97 Å². The number of imidazole rings is 1. The minimum atomic E-state index is -0.404. The lowest BCUT2D eigenvalue weighted by molar-refractivity contribution is 0.0594. The maximum atomic E-state index is 11.1. The van der Waals surface area contributed by atoms with E-state index in [1.165, 1.54) is 7.11 Å². The lowest BCUT2D eigenvalue weighted by atomic mass is 10.2. The van der Waals surface area contributed by atoms with Crippen molar-refractivity contribution in [3.63, 3.8) is 0 Å². The molecule has 5 heteroatoms. The van der Waals surface area contributed by atoms with Crippen LogP contribution in [0.15, 0.2) is 12.5 Å². The Bertz CT molecular complexity index is 323. The third-order valence-electron chi connectivity index (χ3n) is 2.35. The minimum absolute atomic E-state index is 0.261. The van der Waals surface area contributed by atoms with E-state index in [4.69, 9.17) is 5.11 Å². The fourth-order valence-electron chi connectivity index (χ4n) is 1.45. The summed E-state index contributed by atoms with van der Waals surface area (Å²) < 4.78 is 6.44. The fraction of sp³-hybridized carbons (Fsp3) is 0.636. The number of aromatic nitrogens is 2. The highest BCUT2D eigenvalue weighted by Gasteiger charge is 2.08. The van der Waals surface area contributed by atoms with Gasteiger partial charge in [-0.2, -0.15) is 0 Å². The molecule has 0 saturated heterocycles. The molecule has 0 atom stereocenters. The molecule has 0 aliphatic heterocycles. The molecule has 0 fully saturated rings. The number of aliphatic hydroxyl groups excluding tert-OH is 1. The number of unbranched alkanes of at least 4 members (excludes halogenated alkanes) is 3. The van der Waals surface area contributed by atoms with Crippen LogP contribution in [0.25, 0.3) is 0 Å². The highest BCUT2D eigenvalue weighted by Crippen LogP contribution is 2.04. The molecule has 0 amide bonds. The fourth-order valence-corrected chi connectivity index (χ4v) is 1.45. The summed E-state index contributed by atoms with van der Waals surface area (Å²) in [5, 5.41) is 8.61. The molecule has 0 saturated carbocycles. The van der Waals surface area contributed by atoms with Crippen molar-refractivity contribution >= 4 is 5.97 Å². The standard InChI is InChI=1S/C11H18N2O3/c1-16-11(15)10-8-13(9-12-10)6-4-2-3-5-7-14/h8-9,14H,2-7H2,1H3. The van der Waals surface area contributed by atoms with Crippen LogP contribution in [-0.4, -0.2) is 34.3 Å². The Morgan fingerprint density at radius 1 is 1.44 bits per heavy atom. The first-order valence-electron chi connectivity index (χ1n) is 5.49. The third-order valence-corrected chi connectivity index (χ3v) is 2.35. The van der Waals surface area contributed by atoms with Crippen LogP contribution >= 0.6 is 0 Å². The van der Waals surface area contributed by atoms with Crippen LogP contribution in [0, 0.1) is 0 Å². The number of nitrogens with zero attached hydrogens (tertiary/aromatic N) is 2. The van der Waals surface area contributed by atoms with Gasteiger partial charge in [-0.1, -0.05) is 12.8 Å². The predicted molar refractivity (Wildman–Crippen MR) is 59.1 cm³/mol. The minimum Gasteiger partial charge on any atom is -0.464 e. The van der Waals surface area contributed by atoms with Crippen molar-refractivity contribution in [1.82, 2.24) is 9.55 Å². The Hall–Kier alpha value is -1.36. The molecule has 0 aliphatic rings. The van der Waals surface area contributed by atoms with E-state index in [0.717, 1.165) is 32.2 Å². The van der Waals surface area contributed by atoms with Gasteiger partial charge in [0.15, 0.2) is 5.69 Å². The Labute approximate surface area is 95.1 Å². The highest BCUT2D eigenvalue weighted by atomic mass is 16.5. The van der Waals surface area contributed by atoms with Gasteiger partial charge in [0.25, 0.3) is 0 Å². The first kappa shape index (κ1) is 12.7. The average Bonchev–Trinajstić information content (AvgIpc) is 2.76. The van der Waals surface area contributed by atoms with Gasteiger partial charge in [-0.05, 0) is 12.8 Å². The molecule has 1 aromatic rings. The second-order valence-electron chi connectivity index (χ2n) is 3.63. The Morgan fingerprint density at radius 2 is 2.19 bits per heavy atom. The molecule has 0 unspecified atom stereocenters. The van der Waals surface area contributed by atoms with E-state index in [2.05, 4.69) is 9.72 Å². The highest BCUT2D eigenvalue weighted by molar-refractivity contribution is 5.86. The number of hydrogen-bond donors (Lipinski definition) is 1. The van der Waals surface area contributed by atoms with Crippen LogP contribution in [0.3, 0.4) is 0 Å². The quantitative estimate of drug-likeness (QED) is 0.561. The molecule has 1 rings (SSSR count). The normalized spacial score (nSPS) is 10.4. The number of methoxy groups -OCH3 is 1. The number of rotatable bonds is 7. The monoisotopic (exact) mass is 226 g/mol. The number of aryl methyl sites for hydroxylation is 1. The lowest BCUT2D eigenvalue weighted by Crippen LogP contribution is -2.01. The molecule has 1 heterocycles. The van der Waals surface area contributed by atoms with E-state index in [1.54, 1.807) is 12.5 Å². The summed E-state index contributed by atoms with van der Waals surface area (Å²) in [4.78, 5) is 15.1. The second kappa shape index (κ2) is 7.00. The van der Waals surface area contributed by atoms with Gasteiger partial charge in [0, 0.05) is 19.3 Å². The Balaban J connectivity index is 2.27. The Kier molecular flexibility index (Phi) is 5.56. The molecule has 90 valence electrons. The smallest absolute Gasteiger partial charge is 0.358 e. The van der Waals surface area contributed by atoms with Gasteiger partial charge in [-0.25, -0.2) is 9.78 Å².